The summed E-state index contributed by atoms with van der Waals surface area (Å²) < 4.78 is 90.0. The van der Waals surface area contributed by atoms with Crippen LogP contribution in [0.2, 0.25) is 0 Å². The highest BCUT2D eigenvalue weighted by Gasteiger charge is 2.37. The van der Waals surface area contributed by atoms with Crippen LogP contribution in [0.1, 0.15) is 35.2 Å². The number of carboxylic acids is 1. The van der Waals surface area contributed by atoms with Gasteiger partial charge in [-0.25, -0.2) is 0 Å². The number of nitrogens with zero attached hydrogens (tertiary/aromatic N) is 1. The minimum atomic E-state index is -4.89. The Kier molecular flexibility index (Phi) is 7.11. The average Bonchev–Trinajstić information content (AvgIpc) is 3.60. The summed E-state index contributed by atoms with van der Waals surface area (Å²) in [4.78, 5) is 18.5. The fourth-order valence-electron chi connectivity index (χ4n) is 4.50. The molecule has 0 spiro atoms. The average molecular weight is 564 g/mol. The first-order chi connectivity index (χ1) is 18.9. The number of benzene rings is 2. The van der Waals surface area contributed by atoms with Gasteiger partial charge in [-0.05, 0) is 73.2 Å². The molecule has 5 rings (SSSR count). The minimum absolute atomic E-state index is 0.0240. The Labute approximate surface area is 223 Å². The number of carbonyl (C=O) groups is 1. The number of pyridine rings is 1. The van der Waals surface area contributed by atoms with Crippen molar-refractivity contribution in [2.24, 2.45) is 5.92 Å². The van der Waals surface area contributed by atoms with Gasteiger partial charge in [-0.15, -0.1) is 13.2 Å². The summed E-state index contributed by atoms with van der Waals surface area (Å²) in [7, 11) is 0. The molecule has 2 aromatic heterocycles. The molecule has 6 nitrogen and oxygen atoms in total. The normalized spacial score (nSPS) is 13.9. The second-order valence-electron chi connectivity index (χ2n) is 9.58. The van der Waals surface area contributed by atoms with Crippen LogP contribution in [0, 0.1) is 5.92 Å². The molecule has 2 aromatic carbocycles. The summed E-state index contributed by atoms with van der Waals surface area (Å²) in [5.41, 5.74) is 0.495. The van der Waals surface area contributed by atoms with E-state index in [1.54, 1.807) is 24.4 Å². The Morgan fingerprint density at radius 1 is 1.00 bits per heavy atom. The number of aromatic nitrogens is 2. The zero-order chi connectivity index (χ0) is 28.7. The molecule has 0 atom stereocenters. The lowest BCUT2D eigenvalue weighted by Gasteiger charge is -2.19. The van der Waals surface area contributed by atoms with Crippen molar-refractivity contribution >= 4 is 16.9 Å². The van der Waals surface area contributed by atoms with E-state index in [1.807, 2.05) is 0 Å². The molecule has 12 heteroatoms. The number of halogens is 6. The van der Waals surface area contributed by atoms with Crippen molar-refractivity contribution in [1.29, 1.82) is 0 Å². The van der Waals surface area contributed by atoms with Crippen molar-refractivity contribution in [2.75, 3.05) is 0 Å². The molecular weight excluding hydrogens is 542 g/mol. The highest BCUT2D eigenvalue weighted by Crippen LogP contribution is 2.40. The van der Waals surface area contributed by atoms with Crippen molar-refractivity contribution < 1.29 is 45.7 Å². The smallest absolute Gasteiger partial charge is 0.489 e. The molecule has 2 N–H and O–H groups in total. The van der Waals surface area contributed by atoms with E-state index in [4.69, 9.17) is 9.84 Å². The molecule has 0 unspecified atom stereocenters. The van der Waals surface area contributed by atoms with Crippen LogP contribution in [0.5, 0.6) is 11.5 Å². The standard InChI is InChI=1S/C28H22F6N2O4/c29-27(30,31)22-12-23(16-3-5-18(6-4-16)40-28(32,33)34)36-25(9-15-1-2-15)21(22)14-39-19-7-8-20-17(10-26(37)38)13-35-24(20)11-19/h3-8,11-13,15,35H,1-2,9-10,14H2,(H,37,38). The van der Waals surface area contributed by atoms with Gasteiger partial charge in [0.1, 0.15) is 18.1 Å². The lowest BCUT2D eigenvalue weighted by molar-refractivity contribution is -0.274. The third-order valence-electron chi connectivity index (χ3n) is 6.54. The molecule has 0 bridgehead atoms. The number of carboxylic acid groups (broad SMARTS) is 1. The van der Waals surface area contributed by atoms with Gasteiger partial charge < -0.3 is 19.6 Å². The van der Waals surface area contributed by atoms with Gasteiger partial charge >= 0.3 is 18.5 Å². The van der Waals surface area contributed by atoms with Crippen LogP contribution >= 0.6 is 0 Å². The van der Waals surface area contributed by atoms with Gasteiger partial charge in [-0.1, -0.05) is 0 Å². The second kappa shape index (κ2) is 10.4. The van der Waals surface area contributed by atoms with Crippen LogP contribution in [0.3, 0.4) is 0 Å². The SMILES string of the molecule is O=C(O)Cc1c[nH]c2cc(OCc3c(C(F)(F)F)cc(-c4ccc(OC(F)(F)F)cc4)nc3CC3CC3)ccc12. The molecule has 1 fully saturated rings. The number of hydrogen-bond acceptors (Lipinski definition) is 4. The lowest BCUT2D eigenvalue weighted by atomic mass is 9.99. The van der Waals surface area contributed by atoms with Crippen molar-refractivity contribution in [3.05, 3.63) is 77.1 Å². The predicted octanol–water partition coefficient (Wildman–Crippen LogP) is 7.31. The van der Waals surface area contributed by atoms with Crippen LogP contribution in [0.25, 0.3) is 22.2 Å². The quantitative estimate of drug-likeness (QED) is 0.208. The Morgan fingerprint density at radius 2 is 1.70 bits per heavy atom. The maximum absolute atomic E-state index is 14.3. The van der Waals surface area contributed by atoms with Gasteiger partial charge in [0, 0.05) is 40.0 Å². The number of ether oxygens (including phenoxy) is 2. The van der Waals surface area contributed by atoms with E-state index in [2.05, 4.69) is 14.7 Å². The van der Waals surface area contributed by atoms with E-state index in [0.29, 0.717) is 22.9 Å². The summed E-state index contributed by atoms with van der Waals surface area (Å²) in [5, 5.41) is 9.72. The molecule has 210 valence electrons. The number of rotatable bonds is 9. The zero-order valence-corrected chi connectivity index (χ0v) is 20.7. The third kappa shape index (κ3) is 6.49. The van der Waals surface area contributed by atoms with Crippen molar-refractivity contribution in [2.45, 2.75) is 44.8 Å². The number of aromatic amines is 1. The number of aliphatic carboxylic acids is 1. The zero-order valence-electron chi connectivity index (χ0n) is 20.7. The van der Waals surface area contributed by atoms with Crippen LogP contribution in [-0.4, -0.2) is 27.4 Å². The highest BCUT2D eigenvalue weighted by atomic mass is 19.4. The predicted molar refractivity (Wildman–Crippen MR) is 132 cm³/mol. The van der Waals surface area contributed by atoms with Gasteiger partial charge in [0.05, 0.1) is 17.7 Å². The number of nitrogens with one attached hydrogen (secondary N) is 1. The Bertz CT molecular complexity index is 1540. The molecule has 1 aliphatic carbocycles. The van der Waals surface area contributed by atoms with Crippen molar-refractivity contribution in [1.82, 2.24) is 9.97 Å². The fraction of sp³-hybridized carbons (Fsp3) is 0.286. The maximum Gasteiger partial charge on any atom is 0.573 e. The van der Waals surface area contributed by atoms with Crippen LogP contribution in [0.4, 0.5) is 26.3 Å². The molecule has 4 aromatic rings. The summed E-state index contributed by atoms with van der Waals surface area (Å²) in [6.07, 6.45) is -6.24. The summed E-state index contributed by atoms with van der Waals surface area (Å²) >= 11 is 0. The van der Waals surface area contributed by atoms with Crippen molar-refractivity contribution in [3.8, 4) is 22.8 Å². The number of fused-ring (bicyclic) bond motifs is 1. The summed E-state index contributed by atoms with van der Waals surface area (Å²) in [5.74, 6) is -1.02. The Hall–Kier alpha value is -4.22. The lowest BCUT2D eigenvalue weighted by Crippen LogP contribution is -2.17. The summed E-state index contributed by atoms with van der Waals surface area (Å²) in [6.45, 7) is -0.420. The van der Waals surface area contributed by atoms with Gasteiger partial charge in [-0.3, -0.25) is 9.78 Å². The Balaban J connectivity index is 1.46. The molecular formula is C28H22F6N2O4. The second-order valence-corrected chi connectivity index (χ2v) is 9.58. The van der Waals surface area contributed by atoms with E-state index >= 15 is 0 Å². The number of alkyl halides is 6. The topological polar surface area (TPSA) is 84.4 Å². The van der Waals surface area contributed by atoms with Gasteiger partial charge in [0.2, 0.25) is 0 Å². The van der Waals surface area contributed by atoms with E-state index in [9.17, 15) is 31.1 Å². The van der Waals surface area contributed by atoms with E-state index < -0.39 is 36.4 Å². The first-order valence-electron chi connectivity index (χ1n) is 12.3. The van der Waals surface area contributed by atoms with Crippen LogP contribution < -0.4 is 9.47 Å². The summed E-state index contributed by atoms with van der Waals surface area (Å²) in [6, 6.07) is 10.2. The molecule has 0 radical (unpaired) electrons. The van der Waals surface area contributed by atoms with E-state index in [1.165, 1.54) is 12.1 Å². The maximum atomic E-state index is 14.3. The van der Waals surface area contributed by atoms with E-state index in [-0.39, 0.29) is 40.6 Å². The minimum Gasteiger partial charge on any atom is -0.489 e. The molecule has 2 heterocycles. The third-order valence-corrected chi connectivity index (χ3v) is 6.54. The highest BCUT2D eigenvalue weighted by molar-refractivity contribution is 5.87. The van der Waals surface area contributed by atoms with Crippen LogP contribution in [-0.2, 0) is 30.4 Å². The first-order valence-corrected chi connectivity index (χ1v) is 12.3. The van der Waals surface area contributed by atoms with Gasteiger partial charge in [0.15, 0.2) is 0 Å². The molecule has 0 saturated heterocycles. The molecule has 0 amide bonds. The monoisotopic (exact) mass is 564 g/mol. The molecule has 40 heavy (non-hydrogen) atoms. The number of H-pyrrole nitrogens is 1. The molecule has 1 saturated carbocycles. The first kappa shape index (κ1) is 27.4. The van der Waals surface area contributed by atoms with Gasteiger partial charge in [-0.2, -0.15) is 13.2 Å². The fourth-order valence-corrected chi connectivity index (χ4v) is 4.50. The molecule has 1 aliphatic rings. The van der Waals surface area contributed by atoms with Crippen LogP contribution in [0.15, 0.2) is 54.7 Å². The molecule has 0 aliphatic heterocycles. The van der Waals surface area contributed by atoms with Crippen molar-refractivity contribution in [3.63, 3.8) is 0 Å². The van der Waals surface area contributed by atoms with Gasteiger partial charge in [0.25, 0.3) is 0 Å². The number of hydrogen-bond donors (Lipinski definition) is 2. The Morgan fingerprint density at radius 3 is 2.33 bits per heavy atom. The largest absolute Gasteiger partial charge is 0.573 e. The van der Waals surface area contributed by atoms with E-state index in [0.717, 1.165) is 31.0 Å².